The highest BCUT2D eigenvalue weighted by molar-refractivity contribution is 5.98. The minimum Gasteiger partial charge on any atom is -0.423 e. The van der Waals surface area contributed by atoms with Crippen molar-refractivity contribution in [2.45, 2.75) is 13.3 Å². The molecular weight excluding hydrogens is 380 g/mol. The Morgan fingerprint density at radius 3 is 1.97 bits per heavy atom. The lowest BCUT2D eigenvalue weighted by Crippen LogP contribution is -2.13. The standard InChI is InChI=1S/C29H24O2/c1-3-13-25-21(2)26(29(30)31-24-18-11-6-12-19-24)20-27(22-14-7-4-8-15-22)28(25)23-16-9-5-10-17-23/h3-12,14-20H,1,13H2,2H3. The van der Waals surface area contributed by atoms with Crippen LogP contribution in [0, 0.1) is 6.92 Å². The van der Waals surface area contributed by atoms with Crippen molar-refractivity contribution in [3.05, 3.63) is 126 Å². The Hall–Kier alpha value is -3.91. The van der Waals surface area contributed by atoms with Crippen molar-refractivity contribution in [3.8, 4) is 28.0 Å². The molecule has 0 saturated heterocycles. The van der Waals surface area contributed by atoms with Gasteiger partial charge in [0.15, 0.2) is 0 Å². The molecule has 0 amide bonds. The van der Waals surface area contributed by atoms with Gasteiger partial charge in [0, 0.05) is 0 Å². The second kappa shape index (κ2) is 9.27. The van der Waals surface area contributed by atoms with Crippen LogP contribution in [-0.4, -0.2) is 5.97 Å². The molecule has 0 aromatic heterocycles. The van der Waals surface area contributed by atoms with E-state index in [0.717, 1.165) is 33.4 Å². The number of carbonyl (C=O) groups is 1. The van der Waals surface area contributed by atoms with Crippen molar-refractivity contribution in [3.63, 3.8) is 0 Å². The molecule has 0 heterocycles. The van der Waals surface area contributed by atoms with E-state index in [4.69, 9.17) is 4.74 Å². The van der Waals surface area contributed by atoms with Crippen LogP contribution in [0.25, 0.3) is 22.3 Å². The average Bonchev–Trinajstić information content (AvgIpc) is 2.82. The Morgan fingerprint density at radius 1 is 0.839 bits per heavy atom. The third-order valence-electron chi connectivity index (χ3n) is 5.39. The highest BCUT2D eigenvalue weighted by atomic mass is 16.5. The van der Waals surface area contributed by atoms with E-state index < -0.39 is 0 Å². The van der Waals surface area contributed by atoms with E-state index in [-0.39, 0.29) is 5.97 Å². The molecule has 0 bridgehead atoms. The molecule has 0 aliphatic rings. The maximum Gasteiger partial charge on any atom is 0.343 e. The van der Waals surface area contributed by atoms with Gasteiger partial charge in [-0.15, -0.1) is 6.58 Å². The van der Waals surface area contributed by atoms with Crippen molar-refractivity contribution in [2.24, 2.45) is 0 Å². The second-order valence-electron chi connectivity index (χ2n) is 7.38. The third-order valence-corrected chi connectivity index (χ3v) is 5.39. The maximum absolute atomic E-state index is 13.2. The fourth-order valence-electron chi connectivity index (χ4n) is 3.88. The smallest absolute Gasteiger partial charge is 0.343 e. The zero-order valence-corrected chi connectivity index (χ0v) is 17.5. The van der Waals surface area contributed by atoms with Crippen LogP contribution in [0.15, 0.2) is 110 Å². The summed E-state index contributed by atoms with van der Waals surface area (Å²) < 4.78 is 5.69. The molecular formula is C29H24O2. The molecule has 4 aromatic carbocycles. The number of hydrogen-bond acceptors (Lipinski definition) is 2. The van der Waals surface area contributed by atoms with Crippen LogP contribution in [-0.2, 0) is 6.42 Å². The molecule has 0 radical (unpaired) electrons. The van der Waals surface area contributed by atoms with Crippen LogP contribution < -0.4 is 4.74 Å². The van der Waals surface area contributed by atoms with Crippen molar-refractivity contribution in [1.82, 2.24) is 0 Å². The van der Waals surface area contributed by atoms with Gasteiger partial charge in [0.2, 0.25) is 0 Å². The molecule has 0 atom stereocenters. The molecule has 0 aliphatic carbocycles. The zero-order chi connectivity index (χ0) is 21.6. The van der Waals surface area contributed by atoms with Gasteiger partial charge in [0.05, 0.1) is 5.56 Å². The summed E-state index contributed by atoms with van der Waals surface area (Å²) in [5, 5.41) is 0. The Kier molecular flexibility index (Phi) is 6.09. The number of carbonyl (C=O) groups excluding carboxylic acids is 1. The van der Waals surface area contributed by atoms with Gasteiger partial charge in [0.1, 0.15) is 5.75 Å². The van der Waals surface area contributed by atoms with Gasteiger partial charge in [-0.3, -0.25) is 0 Å². The first-order chi connectivity index (χ1) is 15.2. The van der Waals surface area contributed by atoms with E-state index in [2.05, 4.69) is 30.8 Å². The summed E-state index contributed by atoms with van der Waals surface area (Å²) in [4.78, 5) is 13.2. The van der Waals surface area contributed by atoms with Gasteiger partial charge >= 0.3 is 5.97 Å². The number of allylic oxidation sites excluding steroid dienone is 1. The largest absolute Gasteiger partial charge is 0.423 e. The molecule has 0 saturated carbocycles. The summed E-state index contributed by atoms with van der Waals surface area (Å²) in [5.74, 6) is 0.177. The van der Waals surface area contributed by atoms with Crippen LogP contribution >= 0.6 is 0 Å². The summed E-state index contributed by atoms with van der Waals surface area (Å²) in [5.41, 5.74) is 6.88. The number of para-hydroxylation sites is 1. The fourth-order valence-corrected chi connectivity index (χ4v) is 3.88. The van der Waals surface area contributed by atoms with Gasteiger partial charge < -0.3 is 4.74 Å². The monoisotopic (exact) mass is 404 g/mol. The van der Waals surface area contributed by atoms with E-state index >= 15 is 0 Å². The van der Waals surface area contributed by atoms with Gasteiger partial charge in [-0.05, 0) is 64.9 Å². The van der Waals surface area contributed by atoms with Gasteiger partial charge in [-0.25, -0.2) is 4.79 Å². The fraction of sp³-hybridized carbons (Fsp3) is 0.0690. The molecule has 0 aliphatic heterocycles. The molecule has 31 heavy (non-hydrogen) atoms. The third kappa shape index (κ3) is 4.34. The summed E-state index contributed by atoms with van der Waals surface area (Å²) >= 11 is 0. The molecule has 0 N–H and O–H groups in total. The minimum absolute atomic E-state index is 0.356. The molecule has 2 nitrogen and oxygen atoms in total. The predicted octanol–water partition coefficient (Wildman–Crippen LogP) is 7.28. The summed E-state index contributed by atoms with van der Waals surface area (Å²) in [7, 11) is 0. The van der Waals surface area contributed by atoms with Gasteiger partial charge in [0.25, 0.3) is 0 Å². The number of ether oxygens (including phenoxy) is 1. The summed E-state index contributed by atoms with van der Waals surface area (Å²) in [6, 6.07) is 31.6. The first kappa shape index (κ1) is 20.4. The minimum atomic E-state index is -0.356. The predicted molar refractivity (Wildman–Crippen MR) is 127 cm³/mol. The Bertz CT molecular complexity index is 1190. The van der Waals surface area contributed by atoms with E-state index in [1.165, 1.54) is 0 Å². The van der Waals surface area contributed by atoms with Crippen LogP contribution in [0.4, 0.5) is 0 Å². The maximum atomic E-state index is 13.2. The normalized spacial score (nSPS) is 10.5. The summed E-state index contributed by atoms with van der Waals surface area (Å²) in [6.07, 6.45) is 2.54. The second-order valence-corrected chi connectivity index (χ2v) is 7.38. The SMILES string of the molecule is C=CCc1c(C)c(C(=O)Oc2ccccc2)cc(-c2ccccc2)c1-c1ccccc1. The van der Waals surface area contributed by atoms with E-state index in [9.17, 15) is 4.79 Å². The van der Waals surface area contributed by atoms with Crippen molar-refractivity contribution in [1.29, 1.82) is 0 Å². The molecule has 4 rings (SSSR count). The van der Waals surface area contributed by atoms with E-state index in [1.807, 2.05) is 73.7 Å². The van der Waals surface area contributed by atoms with E-state index in [0.29, 0.717) is 17.7 Å². The van der Waals surface area contributed by atoms with Crippen LogP contribution in [0.2, 0.25) is 0 Å². The number of benzene rings is 4. The topological polar surface area (TPSA) is 26.3 Å². The van der Waals surface area contributed by atoms with Crippen molar-refractivity contribution >= 4 is 5.97 Å². The average molecular weight is 405 g/mol. The molecule has 152 valence electrons. The van der Waals surface area contributed by atoms with Crippen molar-refractivity contribution in [2.75, 3.05) is 0 Å². The molecule has 0 unspecified atom stereocenters. The van der Waals surface area contributed by atoms with E-state index in [1.54, 1.807) is 12.1 Å². The molecule has 0 fully saturated rings. The molecule has 2 heteroatoms. The number of hydrogen-bond donors (Lipinski definition) is 0. The Morgan fingerprint density at radius 2 is 1.39 bits per heavy atom. The van der Waals surface area contributed by atoms with Crippen LogP contribution in [0.1, 0.15) is 21.5 Å². The lowest BCUT2D eigenvalue weighted by atomic mass is 9.84. The summed E-state index contributed by atoms with van der Waals surface area (Å²) in [6.45, 7) is 5.95. The quantitative estimate of drug-likeness (QED) is 0.192. The van der Waals surface area contributed by atoms with Gasteiger partial charge in [-0.2, -0.15) is 0 Å². The van der Waals surface area contributed by atoms with Crippen molar-refractivity contribution < 1.29 is 9.53 Å². The number of esters is 1. The zero-order valence-electron chi connectivity index (χ0n) is 17.5. The highest BCUT2D eigenvalue weighted by Crippen LogP contribution is 2.39. The van der Waals surface area contributed by atoms with Crippen LogP contribution in [0.5, 0.6) is 5.75 Å². The highest BCUT2D eigenvalue weighted by Gasteiger charge is 2.22. The molecule has 0 spiro atoms. The van der Waals surface area contributed by atoms with Gasteiger partial charge in [-0.1, -0.05) is 84.9 Å². The lowest BCUT2D eigenvalue weighted by molar-refractivity contribution is 0.0734. The number of rotatable bonds is 6. The van der Waals surface area contributed by atoms with Crippen LogP contribution in [0.3, 0.4) is 0 Å². The lowest BCUT2D eigenvalue weighted by Gasteiger charge is -2.20. The Balaban J connectivity index is 1.94. The Labute approximate surface area is 183 Å². The molecule has 4 aromatic rings. The first-order valence-electron chi connectivity index (χ1n) is 10.3. The first-order valence-corrected chi connectivity index (χ1v) is 10.3.